The predicted octanol–water partition coefficient (Wildman–Crippen LogP) is 3.12. The summed E-state index contributed by atoms with van der Waals surface area (Å²) in [6.07, 6.45) is 1.18. The Morgan fingerprint density at radius 3 is 2.25 bits per heavy atom. The number of carbonyl (C=O) groups is 1. The molecule has 1 fully saturated rings. The number of likely N-dealkylation sites (tertiary alicyclic amines) is 1. The second-order valence-electron chi connectivity index (χ2n) is 7.81. The van der Waals surface area contributed by atoms with Crippen LogP contribution in [0.2, 0.25) is 0 Å². The fraction of sp³-hybridized carbons (Fsp3) is 0.458. The molecule has 0 atom stereocenters. The third-order valence-corrected chi connectivity index (χ3v) is 8.58. The number of piperidine rings is 1. The highest BCUT2D eigenvalue weighted by atomic mass is 32.2. The molecule has 0 bridgehead atoms. The van der Waals surface area contributed by atoms with Crippen LogP contribution < -0.4 is 9.47 Å². The molecule has 1 aliphatic rings. The SMILES string of the molecule is CCOC(=O)C1(S(=O)(=O)c2ccccc2OC)CCN(CCc2ccc(OC)cc2)CC1. The molecule has 2 aromatic rings. The Hall–Kier alpha value is -2.58. The lowest BCUT2D eigenvalue weighted by atomic mass is 9.95. The molecule has 0 spiro atoms. The van der Waals surface area contributed by atoms with Crippen LogP contribution in [-0.2, 0) is 25.8 Å². The molecule has 1 saturated heterocycles. The molecule has 32 heavy (non-hydrogen) atoms. The van der Waals surface area contributed by atoms with Gasteiger partial charge in [0.25, 0.3) is 0 Å². The summed E-state index contributed by atoms with van der Waals surface area (Å²) >= 11 is 0. The quantitative estimate of drug-likeness (QED) is 0.531. The zero-order chi connectivity index (χ0) is 23.2. The Morgan fingerprint density at radius 1 is 1.00 bits per heavy atom. The van der Waals surface area contributed by atoms with Crippen LogP contribution >= 0.6 is 0 Å². The zero-order valence-corrected chi connectivity index (χ0v) is 19.7. The van der Waals surface area contributed by atoms with Crippen LogP contribution in [-0.4, -0.2) is 64.5 Å². The van der Waals surface area contributed by atoms with Gasteiger partial charge in [0, 0.05) is 19.6 Å². The van der Waals surface area contributed by atoms with Gasteiger partial charge in [0.05, 0.1) is 20.8 Å². The van der Waals surface area contributed by atoms with Gasteiger partial charge in [-0.3, -0.25) is 4.79 Å². The molecule has 0 aliphatic carbocycles. The van der Waals surface area contributed by atoms with Gasteiger partial charge in [0.15, 0.2) is 14.6 Å². The molecule has 0 N–H and O–H groups in total. The molecule has 2 aromatic carbocycles. The molecule has 0 radical (unpaired) electrons. The molecular formula is C24H31NO6S. The molecule has 0 aromatic heterocycles. The summed E-state index contributed by atoms with van der Waals surface area (Å²) in [5, 5.41) is 0. The van der Waals surface area contributed by atoms with Crippen molar-refractivity contribution in [3.63, 3.8) is 0 Å². The van der Waals surface area contributed by atoms with Crippen LogP contribution in [0.5, 0.6) is 11.5 Å². The van der Waals surface area contributed by atoms with Crippen molar-refractivity contribution in [2.24, 2.45) is 0 Å². The Morgan fingerprint density at radius 2 is 1.66 bits per heavy atom. The average molecular weight is 462 g/mol. The normalized spacial score (nSPS) is 16.3. The number of methoxy groups -OCH3 is 2. The molecule has 3 rings (SSSR count). The number of para-hydroxylation sites is 1. The number of benzene rings is 2. The van der Waals surface area contributed by atoms with Gasteiger partial charge in [-0.1, -0.05) is 24.3 Å². The summed E-state index contributed by atoms with van der Waals surface area (Å²) in [5.41, 5.74) is 1.18. The van der Waals surface area contributed by atoms with E-state index in [0.717, 1.165) is 18.7 Å². The number of rotatable bonds is 9. The van der Waals surface area contributed by atoms with Crippen molar-refractivity contribution in [2.45, 2.75) is 35.8 Å². The van der Waals surface area contributed by atoms with Crippen LogP contribution in [0, 0.1) is 0 Å². The number of esters is 1. The Balaban J connectivity index is 1.78. The Labute approximate surface area is 190 Å². The summed E-state index contributed by atoms with van der Waals surface area (Å²) in [4.78, 5) is 15.2. The molecular weight excluding hydrogens is 430 g/mol. The van der Waals surface area contributed by atoms with Gasteiger partial charge in [-0.2, -0.15) is 0 Å². The number of carbonyl (C=O) groups excluding carboxylic acids is 1. The van der Waals surface area contributed by atoms with E-state index >= 15 is 0 Å². The van der Waals surface area contributed by atoms with Crippen molar-refractivity contribution in [1.29, 1.82) is 0 Å². The first-order valence-corrected chi connectivity index (χ1v) is 12.3. The number of sulfone groups is 1. The van der Waals surface area contributed by atoms with Crippen molar-refractivity contribution in [1.82, 2.24) is 4.90 Å². The minimum Gasteiger partial charge on any atom is -0.497 e. The van der Waals surface area contributed by atoms with Crippen molar-refractivity contribution < 1.29 is 27.4 Å². The standard InChI is InChI=1S/C24H31NO6S/c1-4-31-23(26)24(32(27,28)22-8-6-5-7-21(22)30-3)14-17-25(18-15-24)16-13-19-9-11-20(29-2)12-10-19/h5-12H,4,13-18H2,1-3H3. The zero-order valence-electron chi connectivity index (χ0n) is 18.9. The van der Waals surface area contributed by atoms with E-state index in [-0.39, 0.29) is 30.1 Å². The lowest BCUT2D eigenvalue weighted by molar-refractivity contribution is -0.147. The third kappa shape index (κ3) is 4.76. The van der Waals surface area contributed by atoms with E-state index < -0.39 is 20.6 Å². The summed E-state index contributed by atoms with van der Waals surface area (Å²) in [6.45, 7) is 3.57. The van der Waals surface area contributed by atoms with E-state index in [0.29, 0.717) is 13.1 Å². The fourth-order valence-corrected chi connectivity index (χ4v) is 6.21. The number of nitrogens with zero attached hydrogens (tertiary/aromatic N) is 1. The largest absolute Gasteiger partial charge is 0.497 e. The van der Waals surface area contributed by atoms with Gasteiger partial charge in [0.2, 0.25) is 0 Å². The highest BCUT2D eigenvalue weighted by molar-refractivity contribution is 7.93. The van der Waals surface area contributed by atoms with Crippen molar-refractivity contribution >= 4 is 15.8 Å². The van der Waals surface area contributed by atoms with Crippen molar-refractivity contribution in [2.75, 3.05) is 40.5 Å². The number of ether oxygens (including phenoxy) is 3. The Kier molecular flexibility index (Phi) is 7.79. The smallest absolute Gasteiger partial charge is 0.327 e. The highest BCUT2D eigenvalue weighted by Crippen LogP contribution is 2.40. The molecule has 0 amide bonds. The van der Waals surface area contributed by atoms with E-state index in [1.807, 2.05) is 24.3 Å². The summed E-state index contributed by atoms with van der Waals surface area (Å²) in [5.74, 6) is 0.367. The van der Waals surface area contributed by atoms with E-state index in [2.05, 4.69) is 4.90 Å². The summed E-state index contributed by atoms with van der Waals surface area (Å²) in [6, 6.07) is 14.3. The van der Waals surface area contributed by atoms with Crippen LogP contribution in [0.15, 0.2) is 53.4 Å². The molecule has 8 heteroatoms. The first-order chi connectivity index (χ1) is 15.4. The van der Waals surface area contributed by atoms with Gasteiger partial charge in [-0.15, -0.1) is 0 Å². The maximum Gasteiger partial charge on any atom is 0.327 e. The number of hydrogen-bond donors (Lipinski definition) is 0. The number of hydrogen-bond acceptors (Lipinski definition) is 7. The Bertz CT molecular complexity index is 1010. The van der Waals surface area contributed by atoms with Gasteiger partial charge in [0.1, 0.15) is 16.4 Å². The predicted molar refractivity (Wildman–Crippen MR) is 122 cm³/mol. The lowest BCUT2D eigenvalue weighted by Crippen LogP contribution is -2.55. The van der Waals surface area contributed by atoms with Crippen LogP contribution in [0.25, 0.3) is 0 Å². The third-order valence-electron chi connectivity index (χ3n) is 6.06. The lowest BCUT2D eigenvalue weighted by Gasteiger charge is -2.39. The average Bonchev–Trinajstić information content (AvgIpc) is 2.83. The van der Waals surface area contributed by atoms with Crippen LogP contribution in [0.4, 0.5) is 0 Å². The van der Waals surface area contributed by atoms with E-state index in [1.54, 1.807) is 32.2 Å². The minimum atomic E-state index is -4.03. The van der Waals surface area contributed by atoms with Gasteiger partial charge in [-0.25, -0.2) is 8.42 Å². The molecule has 1 heterocycles. The van der Waals surface area contributed by atoms with E-state index in [1.165, 1.54) is 18.7 Å². The van der Waals surface area contributed by atoms with E-state index in [9.17, 15) is 13.2 Å². The maximum absolute atomic E-state index is 13.7. The molecule has 1 aliphatic heterocycles. The van der Waals surface area contributed by atoms with Gasteiger partial charge >= 0.3 is 5.97 Å². The summed E-state index contributed by atoms with van der Waals surface area (Å²) < 4.78 is 41.6. The highest BCUT2D eigenvalue weighted by Gasteiger charge is 2.54. The second kappa shape index (κ2) is 10.4. The van der Waals surface area contributed by atoms with Crippen molar-refractivity contribution in [3.8, 4) is 11.5 Å². The molecule has 7 nitrogen and oxygen atoms in total. The van der Waals surface area contributed by atoms with E-state index in [4.69, 9.17) is 14.2 Å². The monoisotopic (exact) mass is 461 g/mol. The molecule has 0 unspecified atom stereocenters. The second-order valence-corrected chi connectivity index (χ2v) is 10.0. The summed E-state index contributed by atoms with van der Waals surface area (Å²) in [7, 11) is -0.966. The first kappa shape index (κ1) is 24.1. The van der Waals surface area contributed by atoms with Gasteiger partial charge < -0.3 is 19.1 Å². The van der Waals surface area contributed by atoms with Crippen LogP contribution in [0.1, 0.15) is 25.3 Å². The first-order valence-electron chi connectivity index (χ1n) is 10.8. The van der Waals surface area contributed by atoms with Gasteiger partial charge in [-0.05, 0) is 56.0 Å². The maximum atomic E-state index is 13.7. The topological polar surface area (TPSA) is 82.1 Å². The molecule has 0 saturated carbocycles. The van der Waals surface area contributed by atoms with Crippen molar-refractivity contribution in [3.05, 3.63) is 54.1 Å². The fourth-order valence-electron chi connectivity index (χ4n) is 4.11. The molecule has 174 valence electrons. The van der Waals surface area contributed by atoms with Crippen LogP contribution in [0.3, 0.4) is 0 Å². The minimum absolute atomic E-state index is 0.0298.